The van der Waals surface area contributed by atoms with Gasteiger partial charge in [-0.1, -0.05) is 53.5 Å². The fraction of sp³-hybridized carbons (Fsp3) is 0.519. The van der Waals surface area contributed by atoms with Gasteiger partial charge in [-0.05, 0) is 75.7 Å². The molecule has 2 heterocycles. The van der Waals surface area contributed by atoms with Crippen LogP contribution in [0.3, 0.4) is 0 Å². The Bertz CT molecular complexity index is 962. The number of hydrogen-bond acceptors (Lipinski definition) is 4. The molecule has 5 nitrogen and oxygen atoms in total. The van der Waals surface area contributed by atoms with Gasteiger partial charge >= 0.3 is 35.5 Å². The minimum atomic E-state index is -0.721. The first kappa shape index (κ1) is 28.8. The molecule has 35 heavy (non-hydrogen) atoms. The second-order valence-corrected chi connectivity index (χ2v) is 10.4. The van der Waals surface area contributed by atoms with Crippen molar-refractivity contribution in [3.05, 3.63) is 63.6 Å². The van der Waals surface area contributed by atoms with Crippen molar-refractivity contribution in [1.82, 2.24) is 9.80 Å². The summed E-state index contributed by atoms with van der Waals surface area (Å²) in [6.07, 6.45) is 4.86. The summed E-state index contributed by atoms with van der Waals surface area (Å²) in [4.78, 5) is 16.6. The number of halogens is 2. The Balaban J connectivity index is 0.00000342. The zero-order valence-corrected chi connectivity index (χ0v) is 21.3. The predicted molar refractivity (Wildman–Crippen MR) is 144 cm³/mol. The van der Waals surface area contributed by atoms with Gasteiger partial charge < -0.3 is 14.7 Å². The van der Waals surface area contributed by atoms with E-state index in [1.165, 1.54) is 0 Å². The Labute approximate surface area is 241 Å². The van der Waals surface area contributed by atoms with Gasteiger partial charge in [0.2, 0.25) is 0 Å². The number of benzene rings is 2. The van der Waals surface area contributed by atoms with E-state index >= 15 is 0 Å². The second kappa shape index (κ2) is 13.7. The average molecular weight is 529 g/mol. The Hall–Kier alpha value is -0.790. The van der Waals surface area contributed by atoms with Crippen molar-refractivity contribution in [2.24, 2.45) is 5.92 Å². The molecule has 0 aromatic heterocycles. The minimum absolute atomic E-state index is 0. The number of nitrogens with zero attached hydrogens (tertiary/aromatic N) is 2. The number of carbonyl (C=O) groups is 1. The molecular weight excluding hydrogens is 494 g/mol. The first-order chi connectivity index (χ1) is 16.4. The third-order valence-corrected chi connectivity index (χ3v) is 8.18. The van der Waals surface area contributed by atoms with Crippen LogP contribution in [0.4, 0.5) is 0 Å². The van der Waals surface area contributed by atoms with E-state index in [9.17, 15) is 9.90 Å². The Kier molecular flexibility index (Phi) is 11.2. The molecule has 2 aromatic carbocycles. The van der Waals surface area contributed by atoms with Crippen molar-refractivity contribution < 1.29 is 14.6 Å². The normalized spacial score (nSPS) is 19.2. The quantitative estimate of drug-likeness (QED) is 0.493. The van der Waals surface area contributed by atoms with Gasteiger partial charge in [0.25, 0.3) is 0 Å². The fourth-order valence-electron chi connectivity index (χ4n) is 5.17. The summed E-state index contributed by atoms with van der Waals surface area (Å²) in [5, 5.41) is 10.9. The van der Waals surface area contributed by atoms with Crippen LogP contribution in [0.1, 0.15) is 36.8 Å². The van der Waals surface area contributed by atoms with Crippen LogP contribution in [-0.2, 0) is 11.2 Å². The molecule has 8 heteroatoms. The molecule has 0 spiro atoms. The van der Waals surface area contributed by atoms with Crippen LogP contribution in [0.2, 0.25) is 10.0 Å². The van der Waals surface area contributed by atoms with Crippen LogP contribution in [0, 0.1) is 12.8 Å². The van der Waals surface area contributed by atoms with Crippen molar-refractivity contribution in [1.29, 1.82) is 0 Å². The molecule has 186 valence electrons. The van der Waals surface area contributed by atoms with Crippen molar-refractivity contribution in [2.75, 3.05) is 32.7 Å². The van der Waals surface area contributed by atoms with Gasteiger partial charge in [0, 0.05) is 25.2 Å². The van der Waals surface area contributed by atoms with Gasteiger partial charge in [-0.2, -0.15) is 0 Å². The Morgan fingerprint density at radius 1 is 1.03 bits per heavy atom. The number of ether oxygens (including phenoxy) is 1. The van der Waals surface area contributed by atoms with E-state index in [-0.39, 0.29) is 35.7 Å². The Morgan fingerprint density at radius 2 is 1.69 bits per heavy atom. The molecule has 0 unspecified atom stereocenters. The fourth-order valence-corrected chi connectivity index (χ4v) is 5.53. The van der Waals surface area contributed by atoms with Crippen LogP contribution in [-0.4, -0.2) is 95.3 Å². The summed E-state index contributed by atoms with van der Waals surface area (Å²) >= 11 is 12.4. The molecule has 2 aliphatic heterocycles. The molecule has 4 rings (SSSR count). The predicted octanol–water partition coefficient (Wildman–Crippen LogP) is 4.90. The molecule has 2 aliphatic rings. The van der Waals surface area contributed by atoms with E-state index in [2.05, 4.69) is 9.80 Å². The summed E-state index contributed by atoms with van der Waals surface area (Å²) < 4.78 is 6.24. The van der Waals surface area contributed by atoms with E-state index in [0.717, 1.165) is 75.3 Å². The SMILES string of the molecule is Cc1c(OC2CCN(CC3CCN([C@@H](Cc4ccccc4)C(=O)O)CC3)CC2)ccc(Cl)c1Cl.[NaH]. The maximum absolute atomic E-state index is 11.9. The van der Waals surface area contributed by atoms with Crippen LogP contribution in [0.25, 0.3) is 0 Å². The van der Waals surface area contributed by atoms with Gasteiger partial charge in [0.05, 0.1) is 10.0 Å². The van der Waals surface area contributed by atoms with Gasteiger partial charge in [0.1, 0.15) is 17.9 Å². The number of piperidine rings is 2. The maximum atomic E-state index is 11.9. The van der Waals surface area contributed by atoms with Gasteiger partial charge in [-0.3, -0.25) is 9.69 Å². The van der Waals surface area contributed by atoms with Crippen LogP contribution >= 0.6 is 23.2 Å². The van der Waals surface area contributed by atoms with Crippen molar-refractivity contribution >= 4 is 58.7 Å². The topological polar surface area (TPSA) is 53.0 Å². The van der Waals surface area contributed by atoms with Gasteiger partial charge in [-0.15, -0.1) is 0 Å². The first-order valence-electron chi connectivity index (χ1n) is 12.2. The molecular formula is C27H35Cl2N2NaO3. The molecule has 1 N–H and O–H groups in total. The third-order valence-electron chi connectivity index (χ3n) is 7.28. The van der Waals surface area contributed by atoms with Gasteiger partial charge in [-0.25, -0.2) is 0 Å². The number of carboxylic acids is 1. The molecule has 1 atom stereocenters. The number of hydrogen-bond donors (Lipinski definition) is 1. The summed E-state index contributed by atoms with van der Waals surface area (Å²) in [6.45, 7) is 6.78. The van der Waals surface area contributed by atoms with E-state index in [1.54, 1.807) is 6.07 Å². The van der Waals surface area contributed by atoms with E-state index in [1.807, 2.05) is 43.3 Å². The zero-order valence-electron chi connectivity index (χ0n) is 19.8. The second-order valence-electron chi connectivity index (χ2n) is 9.63. The summed E-state index contributed by atoms with van der Waals surface area (Å²) in [5.41, 5.74) is 1.98. The van der Waals surface area contributed by atoms with E-state index in [0.29, 0.717) is 22.4 Å². The van der Waals surface area contributed by atoms with E-state index in [4.69, 9.17) is 27.9 Å². The molecule has 0 bridgehead atoms. The molecule has 0 radical (unpaired) electrons. The van der Waals surface area contributed by atoms with E-state index < -0.39 is 12.0 Å². The molecule has 2 aromatic rings. The summed E-state index contributed by atoms with van der Waals surface area (Å²) in [5.74, 6) is 0.725. The summed E-state index contributed by atoms with van der Waals surface area (Å²) in [7, 11) is 0. The van der Waals surface area contributed by atoms with Crippen molar-refractivity contribution in [2.45, 2.75) is 51.2 Å². The summed E-state index contributed by atoms with van der Waals surface area (Å²) in [6, 6.07) is 13.2. The Morgan fingerprint density at radius 3 is 2.31 bits per heavy atom. The number of rotatable bonds is 8. The van der Waals surface area contributed by atoms with Crippen LogP contribution < -0.4 is 4.74 Å². The van der Waals surface area contributed by atoms with Crippen molar-refractivity contribution in [3.8, 4) is 5.75 Å². The number of aliphatic carboxylic acids is 1. The van der Waals surface area contributed by atoms with Crippen LogP contribution in [0.5, 0.6) is 5.75 Å². The third kappa shape index (κ3) is 7.85. The molecule has 0 aliphatic carbocycles. The van der Waals surface area contributed by atoms with Crippen molar-refractivity contribution in [3.63, 3.8) is 0 Å². The zero-order chi connectivity index (χ0) is 24.1. The molecule has 0 saturated carbocycles. The van der Waals surface area contributed by atoms with Crippen LogP contribution in [0.15, 0.2) is 42.5 Å². The molecule has 2 fully saturated rings. The first-order valence-corrected chi connectivity index (χ1v) is 13.0. The average Bonchev–Trinajstić information content (AvgIpc) is 2.85. The monoisotopic (exact) mass is 528 g/mol. The van der Waals surface area contributed by atoms with Gasteiger partial charge in [0.15, 0.2) is 0 Å². The number of carboxylic acid groups (broad SMARTS) is 1. The standard InChI is InChI=1S/C27H34Cl2N2O3.Na.H/c1-19-25(8-7-23(28)26(19)29)34-22-11-13-30(14-12-22)18-21-9-15-31(16-10-21)24(27(32)33)17-20-5-3-2-4-6-20;;/h2-8,21-22,24H,9-18H2,1H3,(H,32,33);;/t24-;;/m0../s1. The number of likely N-dealkylation sites (tertiary alicyclic amines) is 2. The molecule has 0 amide bonds. The molecule has 2 saturated heterocycles.